The topological polar surface area (TPSA) is 91.7 Å². The van der Waals surface area contributed by atoms with Crippen molar-refractivity contribution in [2.75, 3.05) is 32.0 Å². The first-order valence-electron chi connectivity index (χ1n) is 10.3. The van der Waals surface area contributed by atoms with Crippen molar-refractivity contribution in [1.82, 2.24) is 13.8 Å². The SMILES string of the molecule is Cc1cc(C)c(NC(=O)CN(C)C(=O)c2cc(S(=O)(=O)N3CCCC3)cn2C)c(C)c1. The highest BCUT2D eigenvalue weighted by Crippen LogP contribution is 2.24. The van der Waals surface area contributed by atoms with E-state index in [1.54, 1.807) is 7.05 Å². The molecule has 0 saturated carbocycles. The molecule has 1 aliphatic rings. The predicted molar refractivity (Wildman–Crippen MR) is 120 cm³/mol. The molecular formula is C22H30N4O4S. The second-order valence-corrected chi connectivity index (χ2v) is 10.2. The van der Waals surface area contributed by atoms with E-state index in [1.165, 1.54) is 33.1 Å². The number of rotatable bonds is 6. The lowest BCUT2D eigenvalue weighted by Crippen LogP contribution is -2.36. The lowest BCUT2D eigenvalue weighted by molar-refractivity contribution is -0.116. The van der Waals surface area contributed by atoms with E-state index < -0.39 is 15.9 Å². The molecule has 1 saturated heterocycles. The van der Waals surface area contributed by atoms with Crippen molar-refractivity contribution in [3.8, 4) is 0 Å². The maximum absolute atomic E-state index is 12.9. The van der Waals surface area contributed by atoms with Gasteiger partial charge < -0.3 is 14.8 Å². The Morgan fingerprint density at radius 2 is 1.65 bits per heavy atom. The molecule has 1 N–H and O–H groups in total. The number of likely N-dealkylation sites (N-methyl/N-ethyl adjacent to an activating group) is 1. The zero-order chi connectivity index (χ0) is 22.9. The van der Waals surface area contributed by atoms with E-state index in [0.717, 1.165) is 35.2 Å². The summed E-state index contributed by atoms with van der Waals surface area (Å²) in [5.41, 5.74) is 3.99. The van der Waals surface area contributed by atoms with Gasteiger partial charge in [-0.05, 0) is 50.8 Å². The van der Waals surface area contributed by atoms with E-state index in [2.05, 4.69) is 5.32 Å². The second kappa shape index (κ2) is 8.84. The van der Waals surface area contributed by atoms with Crippen LogP contribution < -0.4 is 5.32 Å². The van der Waals surface area contributed by atoms with Gasteiger partial charge in [-0.15, -0.1) is 0 Å². The highest BCUT2D eigenvalue weighted by molar-refractivity contribution is 7.89. The number of nitrogens with zero attached hydrogens (tertiary/aromatic N) is 3. The molecule has 2 heterocycles. The number of carbonyl (C=O) groups excluding carboxylic acids is 2. The molecule has 1 aromatic carbocycles. The number of amides is 2. The quantitative estimate of drug-likeness (QED) is 0.738. The molecule has 0 aliphatic carbocycles. The predicted octanol–water partition coefficient (Wildman–Crippen LogP) is 2.45. The van der Waals surface area contributed by atoms with Gasteiger partial charge in [0.25, 0.3) is 5.91 Å². The van der Waals surface area contributed by atoms with Crippen LogP contribution in [0.5, 0.6) is 0 Å². The van der Waals surface area contributed by atoms with Crippen LogP contribution in [-0.2, 0) is 21.9 Å². The Bertz CT molecular complexity index is 1090. The molecule has 1 fully saturated rings. The van der Waals surface area contributed by atoms with Gasteiger partial charge in [-0.25, -0.2) is 8.42 Å². The average molecular weight is 447 g/mol. The van der Waals surface area contributed by atoms with Crippen LogP contribution in [0.2, 0.25) is 0 Å². The standard InChI is InChI=1S/C22H30N4O4S/c1-15-10-16(2)21(17(3)11-15)23-20(27)14-25(5)22(28)19-12-18(13-24(19)4)31(29,30)26-8-6-7-9-26/h10-13H,6-9,14H2,1-5H3,(H,23,27). The molecule has 0 radical (unpaired) electrons. The third kappa shape index (κ3) is 4.83. The van der Waals surface area contributed by atoms with Crippen LogP contribution in [0.4, 0.5) is 5.69 Å². The second-order valence-electron chi connectivity index (χ2n) is 8.27. The highest BCUT2D eigenvalue weighted by atomic mass is 32.2. The van der Waals surface area contributed by atoms with Gasteiger partial charge >= 0.3 is 0 Å². The van der Waals surface area contributed by atoms with Gasteiger partial charge in [0.05, 0.1) is 6.54 Å². The van der Waals surface area contributed by atoms with Gasteiger partial charge in [0.2, 0.25) is 15.9 Å². The number of aryl methyl sites for hydroxylation is 4. The van der Waals surface area contributed by atoms with Crippen molar-refractivity contribution in [2.45, 2.75) is 38.5 Å². The molecule has 31 heavy (non-hydrogen) atoms. The molecule has 8 nitrogen and oxygen atoms in total. The summed E-state index contributed by atoms with van der Waals surface area (Å²) in [5, 5.41) is 2.88. The Labute approximate surface area is 183 Å². The molecule has 2 aromatic rings. The summed E-state index contributed by atoms with van der Waals surface area (Å²) in [7, 11) is -0.460. The van der Waals surface area contributed by atoms with Gasteiger partial charge in [0.15, 0.2) is 0 Å². The highest BCUT2D eigenvalue weighted by Gasteiger charge is 2.30. The van der Waals surface area contributed by atoms with E-state index in [1.807, 2.05) is 32.9 Å². The number of carbonyl (C=O) groups is 2. The third-order valence-corrected chi connectivity index (χ3v) is 7.43. The lowest BCUT2D eigenvalue weighted by atomic mass is 10.1. The van der Waals surface area contributed by atoms with Crippen LogP contribution >= 0.6 is 0 Å². The summed E-state index contributed by atoms with van der Waals surface area (Å²) in [5.74, 6) is -0.733. The van der Waals surface area contributed by atoms with Gasteiger partial charge in [-0.3, -0.25) is 9.59 Å². The van der Waals surface area contributed by atoms with E-state index in [4.69, 9.17) is 0 Å². The summed E-state index contributed by atoms with van der Waals surface area (Å²) in [6, 6.07) is 5.37. The average Bonchev–Trinajstić information content (AvgIpc) is 3.34. The first-order chi connectivity index (χ1) is 14.5. The summed E-state index contributed by atoms with van der Waals surface area (Å²) in [4.78, 5) is 26.9. The smallest absolute Gasteiger partial charge is 0.270 e. The van der Waals surface area contributed by atoms with E-state index in [0.29, 0.717) is 13.1 Å². The largest absolute Gasteiger partial charge is 0.345 e. The van der Waals surface area contributed by atoms with Crippen LogP contribution in [0.1, 0.15) is 40.0 Å². The number of nitrogens with one attached hydrogen (secondary N) is 1. The zero-order valence-electron chi connectivity index (χ0n) is 18.7. The normalized spacial score (nSPS) is 14.6. The van der Waals surface area contributed by atoms with Crippen LogP contribution in [-0.4, -0.2) is 60.7 Å². The number of benzene rings is 1. The van der Waals surface area contributed by atoms with Crippen LogP contribution in [0.3, 0.4) is 0 Å². The third-order valence-electron chi connectivity index (χ3n) is 5.57. The first-order valence-corrected chi connectivity index (χ1v) is 11.7. The molecule has 0 spiro atoms. The minimum absolute atomic E-state index is 0.101. The van der Waals surface area contributed by atoms with Crippen LogP contribution in [0, 0.1) is 20.8 Å². The van der Waals surface area contributed by atoms with Gasteiger partial charge in [0.1, 0.15) is 10.6 Å². The Kier molecular flexibility index (Phi) is 6.56. The molecular weight excluding hydrogens is 416 g/mol. The molecule has 0 bridgehead atoms. The molecule has 9 heteroatoms. The van der Waals surface area contributed by atoms with Crippen molar-refractivity contribution in [1.29, 1.82) is 0 Å². The van der Waals surface area contributed by atoms with E-state index in [-0.39, 0.29) is 23.0 Å². The fourth-order valence-corrected chi connectivity index (χ4v) is 5.59. The maximum atomic E-state index is 12.9. The number of anilines is 1. The molecule has 1 aliphatic heterocycles. The minimum Gasteiger partial charge on any atom is -0.345 e. The van der Waals surface area contributed by atoms with Crippen molar-refractivity contribution in [3.05, 3.63) is 46.8 Å². The van der Waals surface area contributed by atoms with Crippen molar-refractivity contribution in [3.63, 3.8) is 0 Å². The Balaban J connectivity index is 1.72. The van der Waals surface area contributed by atoms with Crippen molar-refractivity contribution >= 4 is 27.5 Å². The van der Waals surface area contributed by atoms with Gasteiger partial charge in [-0.1, -0.05) is 17.7 Å². The molecule has 0 unspecified atom stereocenters. The van der Waals surface area contributed by atoms with Gasteiger partial charge in [-0.2, -0.15) is 4.31 Å². The maximum Gasteiger partial charge on any atom is 0.270 e. The van der Waals surface area contributed by atoms with Crippen LogP contribution in [0.25, 0.3) is 0 Å². The fraction of sp³-hybridized carbons (Fsp3) is 0.455. The first kappa shape index (κ1) is 23.0. The molecule has 2 amide bonds. The Morgan fingerprint density at radius 1 is 1.06 bits per heavy atom. The summed E-state index contributed by atoms with van der Waals surface area (Å²) < 4.78 is 28.5. The minimum atomic E-state index is -3.61. The summed E-state index contributed by atoms with van der Waals surface area (Å²) in [6.45, 7) is 6.70. The molecule has 3 rings (SSSR count). The molecule has 1 aromatic heterocycles. The summed E-state index contributed by atoms with van der Waals surface area (Å²) >= 11 is 0. The van der Waals surface area contributed by atoms with Crippen molar-refractivity contribution < 1.29 is 18.0 Å². The fourth-order valence-electron chi connectivity index (χ4n) is 4.00. The number of aromatic nitrogens is 1. The summed E-state index contributed by atoms with van der Waals surface area (Å²) in [6.07, 6.45) is 3.14. The van der Waals surface area contributed by atoms with E-state index in [9.17, 15) is 18.0 Å². The number of hydrogen-bond donors (Lipinski definition) is 1. The van der Waals surface area contributed by atoms with E-state index >= 15 is 0 Å². The zero-order valence-corrected chi connectivity index (χ0v) is 19.5. The Hall–Kier alpha value is -2.65. The molecule has 0 atom stereocenters. The lowest BCUT2D eigenvalue weighted by Gasteiger charge is -2.18. The Morgan fingerprint density at radius 3 is 2.23 bits per heavy atom. The van der Waals surface area contributed by atoms with Crippen molar-refractivity contribution in [2.24, 2.45) is 7.05 Å². The van der Waals surface area contributed by atoms with Gasteiger partial charge in [0, 0.05) is 39.1 Å². The monoisotopic (exact) mass is 446 g/mol. The molecule has 168 valence electrons. The number of sulfonamides is 1. The van der Waals surface area contributed by atoms with Crippen LogP contribution in [0.15, 0.2) is 29.3 Å². The number of hydrogen-bond acceptors (Lipinski definition) is 4.